The Balaban J connectivity index is 1.93. The summed E-state index contributed by atoms with van der Waals surface area (Å²) in [5, 5.41) is 10.5. The molecule has 18 heavy (non-hydrogen) atoms. The smallest absolute Gasteiger partial charge is 0.226 e. The first-order valence-corrected chi connectivity index (χ1v) is 6.59. The van der Waals surface area contributed by atoms with Gasteiger partial charge in [-0.1, -0.05) is 23.7 Å². The van der Waals surface area contributed by atoms with Crippen LogP contribution in [-0.2, 0) is 11.2 Å². The third-order valence-electron chi connectivity index (χ3n) is 3.44. The highest BCUT2D eigenvalue weighted by molar-refractivity contribution is 6.30. The zero-order valence-corrected chi connectivity index (χ0v) is 11.3. The summed E-state index contributed by atoms with van der Waals surface area (Å²) in [4.78, 5) is 13.9. The summed E-state index contributed by atoms with van der Waals surface area (Å²) in [6, 6.07) is 7.38. The first-order chi connectivity index (χ1) is 8.46. The lowest BCUT2D eigenvalue weighted by Gasteiger charge is -2.35. The molecule has 0 bridgehead atoms. The van der Waals surface area contributed by atoms with E-state index in [2.05, 4.69) is 0 Å². The summed E-state index contributed by atoms with van der Waals surface area (Å²) in [5.41, 5.74) is 0.317. The highest BCUT2D eigenvalue weighted by Gasteiger charge is 2.29. The Morgan fingerprint density at radius 1 is 1.44 bits per heavy atom. The molecule has 0 unspecified atom stereocenters. The van der Waals surface area contributed by atoms with E-state index in [1.807, 2.05) is 30.0 Å². The number of piperidine rings is 1. The highest BCUT2D eigenvalue weighted by Crippen LogP contribution is 2.22. The minimum absolute atomic E-state index is 0.104. The van der Waals surface area contributed by atoms with Crippen molar-refractivity contribution in [1.82, 2.24) is 4.90 Å². The summed E-state index contributed by atoms with van der Waals surface area (Å²) < 4.78 is 0. The van der Waals surface area contributed by atoms with Crippen LogP contribution >= 0.6 is 11.6 Å². The summed E-state index contributed by atoms with van der Waals surface area (Å²) in [6.07, 6.45) is 1.67. The van der Waals surface area contributed by atoms with Gasteiger partial charge in [-0.2, -0.15) is 0 Å². The largest absolute Gasteiger partial charge is 0.390 e. The Kier molecular flexibility index (Phi) is 3.93. The number of halogens is 1. The van der Waals surface area contributed by atoms with Crippen molar-refractivity contribution in [1.29, 1.82) is 0 Å². The first-order valence-electron chi connectivity index (χ1n) is 6.21. The predicted molar refractivity (Wildman–Crippen MR) is 71.6 cm³/mol. The molecule has 4 heteroatoms. The molecule has 0 saturated carbocycles. The van der Waals surface area contributed by atoms with Gasteiger partial charge < -0.3 is 10.0 Å². The normalized spacial score (nSPS) is 18.7. The van der Waals surface area contributed by atoms with Crippen LogP contribution < -0.4 is 0 Å². The van der Waals surface area contributed by atoms with E-state index < -0.39 is 5.60 Å². The number of aliphatic hydroxyl groups is 1. The van der Waals surface area contributed by atoms with Gasteiger partial charge in [0.1, 0.15) is 0 Å². The lowest BCUT2D eigenvalue weighted by atomic mass is 9.93. The van der Waals surface area contributed by atoms with E-state index in [1.54, 1.807) is 6.07 Å². The molecule has 1 aliphatic rings. The van der Waals surface area contributed by atoms with E-state index in [1.165, 1.54) is 0 Å². The Labute approximate surface area is 112 Å². The minimum atomic E-state index is -0.618. The number of likely N-dealkylation sites (tertiary alicyclic amines) is 1. The Morgan fingerprint density at radius 3 is 2.72 bits per heavy atom. The van der Waals surface area contributed by atoms with Crippen molar-refractivity contribution < 1.29 is 9.90 Å². The molecule has 3 nitrogen and oxygen atoms in total. The van der Waals surface area contributed by atoms with Gasteiger partial charge in [0.05, 0.1) is 12.0 Å². The standard InChI is InChI=1S/C14H18ClNO2/c1-14(18)5-7-16(8-6-14)13(17)10-11-3-2-4-12(15)9-11/h2-4,9,18H,5-8,10H2,1H3. The fraction of sp³-hybridized carbons (Fsp3) is 0.500. The Hall–Kier alpha value is -1.06. The van der Waals surface area contributed by atoms with E-state index in [-0.39, 0.29) is 5.91 Å². The molecule has 0 aliphatic carbocycles. The van der Waals surface area contributed by atoms with Gasteiger partial charge >= 0.3 is 0 Å². The van der Waals surface area contributed by atoms with Gasteiger partial charge in [-0.15, -0.1) is 0 Å². The van der Waals surface area contributed by atoms with Crippen molar-refractivity contribution in [3.05, 3.63) is 34.9 Å². The van der Waals surface area contributed by atoms with Gasteiger partial charge in [0.25, 0.3) is 0 Å². The molecule has 1 aromatic carbocycles. The molecular formula is C14H18ClNO2. The Bertz CT molecular complexity index is 435. The van der Waals surface area contributed by atoms with Crippen molar-refractivity contribution in [2.45, 2.75) is 31.8 Å². The zero-order chi connectivity index (χ0) is 13.2. The maximum Gasteiger partial charge on any atom is 0.226 e. The third-order valence-corrected chi connectivity index (χ3v) is 3.67. The second-order valence-electron chi connectivity index (χ2n) is 5.18. The van der Waals surface area contributed by atoms with Gasteiger partial charge in [-0.05, 0) is 37.5 Å². The average molecular weight is 268 g/mol. The number of nitrogens with zero attached hydrogens (tertiary/aromatic N) is 1. The SMILES string of the molecule is CC1(O)CCN(C(=O)Cc2cccc(Cl)c2)CC1. The minimum Gasteiger partial charge on any atom is -0.390 e. The van der Waals surface area contributed by atoms with E-state index >= 15 is 0 Å². The molecule has 1 aliphatic heterocycles. The van der Waals surface area contributed by atoms with Crippen molar-refractivity contribution in [2.75, 3.05) is 13.1 Å². The molecular weight excluding hydrogens is 250 g/mol. The quantitative estimate of drug-likeness (QED) is 0.893. The van der Waals surface area contributed by atoms with Gasteiger partial charge in [-0.25, -0.2) is 0 Å². The van der Waals surface area contributed by atoms with Crippen LogP contribution in [0.25, 0.3) is 0 Å². The van der Waals surface area contributed by atoms with Crippen LogP contribution in [0.4, 0.5) is 0 Å². The van der Waals surface area contributed by atoms with Crippen molar-refractivity contribution in [3.63, 3.8) is 0 Å². The maximum atomic E-state index is 12.1. The number of hydrogen-bond acceptors (Lipinski definition) is 2. The average Bonchev–Trinajstić information content (AvgIpc) is 2.28. The number of carbonyl (C=O) groups is 1. The molecule has 0 spiro atoms. The van der Waals surface area contributed by atoms with Crippen LogP contribution in [0.2, 0.25) is 5.02 Å². The monoisotopic (exact) mass is 267 g/mol. The van der Waals surface area contributed by atoms with Crippen LogP contribution in [-0.4, -0.2) is 34.6 Å². The van der Waals surface area contributed by atoms with Crippen LogP contribution in [0.3, 0.4) is 0 Å². The molecule has 1 N–H and O–H groups in total. The molecule has 1 aromatic rings. The predicted octanol–water partition coefficient (Wildman–Crippen LogP) is 2.26. The topological polar surface area (TPSA) is 40.5 Å². The zero-order valence-electron chi connectivity index (χ0n) is 10.5. The summed E-state index contributed by atoms with van der Waals surface area (Å²) >= 11 is 5.89. The maximum absolute atomic E-state index is 12.1. The molecule has 1 saturated heterocycles. The number of hydrogen-bond donors (Lipinski definition) is 1. The molecule has 1 amide bonds. The van der Waals surface area contributed by atoms with Crippen LogP contribution in [0.15, 0.2) is 24.3 Å². The number of rotatable bonds is 2. The summed E-state index contributed by atoms with van der Waals surface area (Å²) in [7, 11) is 0. The number of carbonyl (C=O) groups excluding carboxylic acids is 1. The molecule has 0 radical (unpaired) electrons. The molecule has 2 rings (SSSR count). The molecule has 98 valence electrons. The van der Waals surface area contributed by atoms with Crippen molar-refractivity contribution >= 4 is 17.5 Å². The van der Waals surface area contributed by atoms with Gasteiger partial charge in [-0.3, -0.25) is 4.79 Å². The van der Waals surface area contributed by atoms with E-state index in [0.29, 0.717) is 37.4 Å². The Morgan fingerprint density at radius 2 is 2.11 bits per heavy atom. The van der Waals surface area contributed by atoms with E-state index in [4.69, 9.17) is 11.6 Å². The van der Waals surface area contributed by atoms with E-state index in [0.717, 1.165) is 5.56 Å². The van der Waals surface area contributed by atoms with Crippen LogP contribution in [0, 0.1) is 0 Å². The molecule has 0 atom stereocenters. The summed E-state index contributed by atoms with van der Waals surface area (Å²) in [6.45, 7) is 3.09. The molecule has 0 aromatic heterocycles. The number of benzene rings is 1. The van der Waals surface area contributed by atoms with Gasteiger partial charge in [0, 0.05) is 18.1 Å². The summed E-state index contributed by atoms with van der Waals surface area (Å²) in [5.74, 6) is 0.104. The van der Waals surface area contributed by atoms with Crippen molar-refractivity contribution in [2.24, 2.45) is 0 Å². The fourth-order valence-electron chi connectivity index (χ4n) is 2.17. The van der Waals surface area contributed by atoms with Crippen molar-refractivity contribution in [3.8, 4) is 0 Å². The highest BCUT2D eigenvalue weighted by atomic mass is 35.5. The lowest BCUT2D eigenvalue weighted by molar-refractivity contribution is -0.134. The second kappa shape index (κ2) is 5.29. The van der Waals surface area contributed by atoms with E-state index in [9.17, 15) is 9.90 Å². The van der Waals surface area contributed by atoms with Crippen LogP contribution in [0.5, 0.6) is 0 Å². The van der Waals surface area contributed by atoms with Gasteiger partial charge in [0.15, 0.2) is 0 Å². The third kappa shape index (κ3) is 3.47. The molecule has 1 fully saturated rings. The van der Waals surface area contributed by atoms with Gasteiger partial charge in [0.2, 0.25) is 5.91 Å². The number of amides is 1. The first kappa shape index (κ1) is 13.4. The fourth-order valence-corrected chi connectivity index (χ4v) is 2.38. The lowest BCUT2D eigenvalue weighted by Crippen LogP contribution is -2.45. The molecule has 1 heterocycles. The second-order valence-corrected chi connectivity index (χ2v) is 5.62. The van der Waals surface area contributed by atoms with Crippen LogP contribution in [0.1, 0.15) is 25.3 Å².